The van der Waals surface area contributed by atoms with E-state index in [0.29, 0.717) is 18.8 Å². The van der Waals surface area contributed by atoms with Crippen LogP contribution in [0.5, 0.6) is 5.75 Å². The fourth-order valence-electron chi connectivity index (χ4n) is 3.72. The highest BCUT2D eigenvalue weighted by molar-refractivity contribution is 5.74. The molecule has 5 atom stereocenters. The minimum Gasteiger partial charge on any atom is -0.463 e. The van der Waals surface area contributed by atoms with Gasteiger partial charge in [0.2, 0.25) is 18.1 Å². The SMILES string of the molecule is CC(=O)N[C@@H]1[C@@H](Oc2ccc(N3CCN(C(C)=O)CC3)cc2)O[C@@H](CO)[C@@H](O)[C@H]1O. The Kier molecular flexibility index (Phi) is 7.14. The zero-order valence-corrected chi connectivity index (χ0v) is 17.1. The molecule has 0 aliphatic carbocycles. The number of anilines is 1. The summed E-state index contributed by atoms with van der Waals surface area (Å²) in [6.07, 6.45) is -4.84. The number of amides is 2. The van der Waals surface area contributed by atoms with E-state index in [1.54, 1.807) is 19.1 Å². The summed E-state index contributed by atoms with van der Waals surface area (Å²) in [5.74, 6) is 0.112. The number of piperazine rings is 1. The number of nitrogens with one attached hydrogen (secondary N) is 1. The molecule has 2 heterocycles. The minimum atomic E-state index is -1.36. The zero-order valence-electron chi connectivity index (χ0n) is 17.1. The number of carbonyl (C=O) groups excluding carboxylic acids is 2. The van der Waals surface area contributed by atoms with Crippen LogP contribution < -0.4 is 15.0 Å². The fraction of sp³-hybridized carbons (Fsp3) is 0.600. The molecule has 2 aliphatic heterocycles. The van der Waals surface area contributed by atoms with Crippen LogP contribution in [0, 0.1) is 0 Å². The first-order valence-corrected chi connectivity index (χ1v) is 9.97. The maximum Gasteiger partial charge on any atom is 0.223 e. The second-order valence-corrected chi connectivity index (χ2v) is 7.54. The molecule has 0 unspecified atom stereocenters. The molecule has 4 N–H and O–H groups in total. The molecule has 10 nitrogen and oxygen atoms in total. The van der Waals surface area contributed by atoms with E-state index in [9.17, 15) is 24.9 Å². The summed E-state index contributed by atoms with van der Waals surface area (Å²) >= 11 is 0. The monoisotopic (exact) mass is 423 g/mol. The summed E-state index contributed by atoms with van der Waals surface area (Å²) in [6, 6.07) is 6.24. The van der Waals surface area contributed by atoms with Crippen LogP contribution in [-0.4, -0.2) is 95.5 Å². The smallest absolute Gasteiger partial charge is 0.223 e. The van der Waals surface area contributed by atoms with Gasteiger partial charge < -0.3 is 39.9 Å². The Morgan fingerprint density at radius 3 is 2.27 bits per heavy atom. The molecule has 3 rings (SSSR count). The number of hydrogen-bond donors (Lipinski definition) is 4. The van der Waals surface area contributed by atoms with Crippen molar-refractivity contribution in [3.63, 3.8) is 0 Å². The molecule has 0 saturated carbocycles. The van der Waals surface area contributed by atoms with E-state index < -0.39 is 43.2 Å². The van der Waals surface area contributed by atoms with Crippen molar-refractivity contribution in [2.75, 3.05) is 37.7 Å². The first kappa shape index (κ1) is 22.3. The number of rotatable bonds is 5. The van der Waals surface area contributed by atoms with E-state index in [4.69, 9.17) is 9.47 Å². The first-order valence-electron chi connectivity index (χ1n) is 9.97. The Balaban J connectivity index is 1.67. The number of carbonyl (C=O) groups is 2. The van der Waals surface area contributed by atoms with Gasteiger partial charge in [0.05, 0.1) is 6.61 Å². The lowest BCUT2D eigenvalue weighted by atomic mass is 9.97. The molecule has 1 aromatic carbocycles. The lowest BCUT2D eigenvalue weighted by Gasteiger charge is -2.42. The minimum absolute atomic E-state index is 0.0769. The molecule has 10 heteroatoms. The average Bonchev–Trinajstić information content (AvgIpc) is 2.73. The van der Waals surface area contributed by atoms with E-state index >= 15 is 0 Å². The maximum absolute atomic E-state index is 11.5. The van der Waals surface area contributed by atoms with Gasteiger partial charge in [0, 0.05) is 45.7 Å². The predicted molar refractivity (Wildman–Crippen MR) is 107 cm³/mol. The van der Waals surface area contributed by atoms with E-state index in [-0.39, 0.29) is 5.91 Å². The Morgan fingerprint density at radius 1 is 1.10 bits per heavy atom. The third-order valence-electron chi connectivity index (χ3n) is 5.43. The predicted octanol–water partition coefficient (Wildman–Crippen LogP) is -1.32. The maximum atomic E-state index is 11.5. The third-order valence-corrected chi connectivity index (χ3v) is 5.43. The lowest BCUT2D eigenvalue weighted by molar-refractivity contribution is -0.244. The van der Waals surface area contributed by atoms with Gasteiger partial charge in [0.15, 0.2) is 0 Å². The molecule has 0 aromatic heterocycles. The molecule has 2 amide bonds. The third kappa shape index (κ3) is 5.01. The van der Waals surface area contributed by atoms with Gasteiger partial charge in [0.25, 0.3) is 0 Å². The first-order chi connectivity index (χ1) is 14.3. The molecule has 30 heavy (non-hydrogen) atoms. The van der Waals surface area contributed by atoms with Gasteiger partial charge in [0.1, 0.15) is 30.1 Å². The number of hydrogen-bond acceptors (Lipinski definition) is 8. The Hall–Kier alpha value is -2.40. The van der Waals surface area contributed by atoms with Crippen molar-refractivity contribution in [1.29, 1.82) is 0 Å². The largest absolute Gasteiger partial charge is 0.463 e. The van der Waals surface area contributed by atoms with Crippen LogP contribution in [0.1, 0.15) is 13.8 Å². The molecule has 0 spiro atoms. The molecule has 2 aliphatic rings. The molecule has 1 aromatic rings. The zero-order chi connectivity index (χ0) is 21.8. The van der Waals surface area contributed by atoms with Gasteiger partial charge in [-0.3, -0.25) is 9.59 Å². The number of nitrogens with zero attached hydrogens (tertiary/aromatic N) is 2. The van der Waals surface area contributed by atoms with Crippen molar-refractivity contribution < 1.29 is 34.4 Å². The summed E-state index contributed by atoms with van der Waals surface area (Å²) in [5, 5.41) is 32.3. The molecule has 166 valence electrons. The average molecular weight is 423 g/mol. The standard InChI is InChI=1S/C20H29N3O7/c1-12(25)21-17-19(28)18(27)16(11-24)30-20(17)29-15-5-3-14(4-6-15)23-9-7-22(8-10-23)13(2)26/h3-6,16-20,24,27-28H,7-11H2,1-2H3,(H,21,25)/t16-,17-,18+,19-,20-/m0/s1. The van der Waals surface area contributed by atoms with Crippen molar-refractivity contribution in [2.24, 2.45) is 0 Å². The van der Waals surface area contributed by atoms with Crippen molar-refractivity contribution in [1.82, 2.24) is 10.2 Å². The number of benzene rings is 1. The summed E-state index contributed by atoms with van der Waals surface area (Å²) in [5.41, 5.74) is 0.984. The van der Waals surface area contributed by atoms with Crippen LogP contribution >= 0.6 is 0 Å². The molecular weight excluding hydrogens is 394 g/mol. The summed E-state index contributed by atoms with van der Waals surface area (Å²) < 4.78 is 11.4. The van der Waals surface area contributed by atoms with E-state index in [2.05, 4.69) is 10.2 Å². The Labute approximate surface area is 175 Å². The van der Waals surface area contributed by atoms with E-state index in [1.165, 1.54) is 6.92 Å². The van der Waals surface area contributed by atoms with Gasteiger partial charge in [-0.05, 0) is 24.3 Å². The van der Waals surface area contributed by atoms with Crippen LogP contribution in [0.2, 0.25) is 0 Å². The van der Waals surface area contributed by atoms with Gasteiger partial charge in [-0.1, -0.05) is 0 Å². The van der Waals surface area contributed by atoms with Gasteiger partial charge in [-0.25, -0.2) is 0 Å². The summed E-state index contributed by atoms with van der Waals surface area (Å²) in [7, 11) is 0. The van der Waals surface area contributed by atoms with Crippen LogP contribution in [0.4, 0.5) is 5.69 Å². The fourth-order valence-corrected chi connectivity index (χ4v) is 3.72. The van der Waals surface area contributed by atoms with Crippen LogP contribution in [-0.2, 0) is 14.3 Å². The van der Waals surface area contributed by atoms with Crippen LogP contribution in [0.3, 0.4) is 0 Å². The molecule has 0 radical (unpaired) electrons. The summed E-state index contributed by atoms with van der Waals surface area (Å²) in [4.78, 5) is 26.9. The van der Waals surface area contributed by atoms with Crippen LogP contribution in [0.25, 0.3) is 0 Å². The molecular formula is C20H29N3O7. The highest BCUT2D eigenvalue weighted by atomic mass is 16.7. The van der Waals surface area contributed by atoms with E-state index in [1.807, 2.05) is 17.0 Å². The highest BCUT2D eigenvalue weighted by Crippen LogP contribution is 2.26. The Morgan fingerprint density at radius 2 is 1.73 bits per heavy atom. The second-order valence-electron chi connectivity index (χ2n) is 7.54. The lowest BCUT2D eigenvalue weighted by Crippen LogP contribution is -2.65. The second kappa shape index (κ2) is 9.61. The number of ether oxygens (including phenoxy) is 2. The normalized spacial score (nSPS) is 29.4. The van der Waals surface area contributed by atoms with E-state index in [0.717, 1.165) is 18.8 Å². The topological polar surface area (TPSA) is 132 Å². The van der Waals surface area contributed by atoms with Gasteiger partial charge >= 0.3 is 0 Å². The number of aliphatic hydroxyl groups is 3. The van der Waals surface area contributed by atoms with Crippen LogP contribution in [0.15, 0.2) is 24.3 Å². The quantitative estimate of drug-likeness (QED) is 0.459. The Bertz CT molecular complexity index is 736. The van der Waals surface area contributed by atoms with Crippen molar-refractivity contribution in [2.45, 2.75) is 44.5 Å². The summed E-state index contributed by atoms with van der Waals surface area (Å²) in [6.45, 7) is 5.16. The van der Waals surface area contributed by atoms with Gasteiger partial charge in [-0.15, -0.1) is 0 Å². The molecule has 2 saturated heterocycles. The van der Waals surface area contributed by atoms with Gasteiger partial charge in [-0.2, -0.15) is 0 Å². The number of aliphatic hydroxyl groups excluding tert-OH is 3. The van der Waals surface area contributed by atoms with Crippen molar-refractivity contribution in [3.05, 3.63) is 24.3 Å². The molecule has 2 fully saturated rings. The van der Waals surface area contributed by atoms with Crippen molar-refractivity contribution >= 4 is 17.5 Å². The van der Waals surface area contributed by atoms with Crippen molar-refractivity contribution in [3.8, 4) is 5.75 Å². The molecule has 0 bridgehead atoms. The highest BCUT2D eigenvalue weighted by Gasteiger charge is 2.46.